The summed E-state index contributed by atoms with van der Waals surface area (Å²) in [5, 5.41) is 7.97. The third kappa shape index (κ3) is 3.89. The van der Waals surface area contributed by atoms with E-state index >= 15 is 0 Å². The van der Waals surface area contributed by atoms with E-state index in [0.717, 1.165) is 5.56 Å². The highest BCUT2D eigenvalue weighted by Crippen LogP contribution is 2.27. The van der Waals surface area contributed by atoms with Crippen LogP contribution in [0.1, 0.15) is 27.7 Å². The number of benzene rings is 1. The maximum absolute atomic E-state index is 13.7. The number of carbonyl (C=O) groups is 1. The fourth-order valence-electron chi connectivity index (χ4n) is 3.18. The number of hydrogen-bond acceptors (Lipinski definition) is 7. The molecule has 3 aromatic heterocycles. The monoisotopic (exact) mass is 440 g/mol. The van der Waals surface area contributed by atoms with Crippen LogP contribution in [0, 0.1) is 13.8 Å². The van der Waals surface area contributed by atoms with E-state index in [1.165, 1.54) is 29.7 Å². The van der Waals surface area contributed by atoms with Gasteiger partial charge in [-0.2, -0.15) is 0 Å². The van der Waals surface area contributed by atoms with E-state index < -0.39 is 16.0 Å². The minimum atomic E-state index is -3.99. The van der Waals surface area contributed by atoms with Gasteiger partial charge in [0.1, 0.15) is 16.5 Å². The molecule has 1 aromatic carbocycles. The third-order valence-corrected chi connectivity index (χ3v) is 6.53. The largest absolute Gasteiger partial charge is 0.463 e. The number of ether oxygens (including phenoxy) is 1. The Hall–Kier alpha value is -3.66. The lowest BCUT2D eigenvalue weighted by molar-refractivity contribution is 0.0563. The van der Waals surface area contributed by atoms with Crippen molar-refractivity contribution in [2.24, 2.45) is 0 Å². The predicted octanol–water partition coefficient (Wildman–Crippen LogP) is 3.12. The van der Waals surface area contributed by atoms with E-state index in [1.54, 1.807) is 41.7 Å². The smallest absolute Gasteiger partial charge is 0.373 e. The van der Waals surface area contributed by atoms with Gasteiger partial charge >= 0.3 is 5.97 Å². The van der Waals surface area contributed by atoms with E-state index in [9.17, 15) is 13.2 Å². The second-order valence-electron chi connectivity index (χ2n) is 6.95. The van der Waals surface area contributed by atoms with Crippen LogP contribution in [-0.4, -0.2) is 36.1 Å². The van der Waals surface area contributed by atoms with Gasteiger partial charge in [-0.25, -0.2) is 13.2 Å². The average molecular weight is 440 g/mol. The van der Waals surface area contributed by atoms with Gasteiger partial charge in [-0.05, 0) is 55.8 Å². The lowest BCUT2D eigenvalue weighted by atomic mass is 10.2. The number of pyridine rings is 1. The first kappa shape index (κ1) is 20.6. The number of nitrogens with zero attached hydrogens (tertiary/aromatic N) is 4. The van der Waals surface area contributed by atoms with Crippen molar-refractivity contribution in [3.63, 3.8) is 0 Å². The Kier molecular flexibility index (Phi) is 5.24. The molecule has 0 saturated carbocycles. The van der Waals surface area contributed by atoms with Gasteiger partial charge in [0.05, 0.1) is 19.3 Å². The molecule has 160 valence electrons. The average Bonchev–Trinajstić information content (AvgIpc) is 3.38. The summed E-state index contributed by atoms with van der Waals surface area (Å²) in [7, 11) is -2.74. The van der Waals surface area contributed by atoms with Crippen LogP contribution >= 0.6 is 0 Å². The maximum Gasteiger partial charge on any atom is 0.373 e. The van der Waals surface area contributed by atoms with E-state index in [2.05, 4.69) is 14.9 Å². The zero-order valence-electron chi connectivity index (χ0n) is 17.1. The number of anilines is 1. The van der Waals surface area contributed by atoms with Crippen molar-refractivity contribution in [1.29, 1.82) is 0 Å². The quantitative estimate of drug-likeness (QED) is 0.424. The molecule has 0 spiro atoms. The van der Waals surface area contributed by atoms with Crippen molar-refractivity contribution in [1.82, 2.24) is 14.6 Å². The number of rotatable bonds is 6. The molecule has 0 aliphatic rings. The number of esters is 1. The van der Waals surface area contributed by atoms with Crippen molar-refractivity contribution in [2.75, 3.05) is 11.4 Å². The molecule has 0 aliphatic heterocycles. The molecule has 0 fully saturated rings. The second-order valence-corrected chi connectivity index (χ2v) is 8.81. The van der Waals surface area contributed by atoms with Gasteiger partial charge in [0.15, 0.2) is 5.65 Å². The lowest BCUT2D eigenvalue weighted by Gasteiger charge is -2.24. The Morgan fingerprint density at radius 3 is 2.68 bits per heavy atom. The van der Waals surface area contributed by atoms with Crippen molar-refractivity contribution >= 4 is 27.3 Å². The molecule has 0 saturated heterocycles. The Morgan fingerprint density at radius 2 is 1.94 bits per heavy atom. The molecule has 0 aliphatic carbocycles. The molecule has 4 rings (SSSR count). The van der Waals surface area contributed by atoms with Crippen LogP contribution in [0.5, 0.6) is 0 Å². The summed E-state index contributed by atoms with van der Waals surface area (Å²) in [6.45, 7) is 3.51. The molecule has 4 aromatic rings. The Balaban J connectivity index is 1.79. The first-order valence-electron chi connectivity index (χ1n) is 9.37. The highest BCUT2D eigenvalue weighted by Gasteiger charge is 2.27. The Morgan fingerprint density at radius 1 is 1.13 bits per heavy atom. The molecular weight excluding hydrogens is 420 g/mol. The molecule has 3 heterocycles. The van der Waals surface area contributed by atoms with Gasteiger partial charge in [0.25, 0.3) is 10.0 Å². The van der Waals surface area contributed by atoms with Gasteiger partial charge in [-0.1, -0.05) is 12.1 Å². The molecule has 0 N–H and O–H groups in total. The topological polar surface area (TPSA) is 107 Å². The van der Waals surface area contributed by atoms with Crippen molar-refractivity contribution in [2.45, 2.75) is 25.3 Å². The van der Waals surface area contributed by atoms with Gasteiger partial charge in [-0.15, -0.1) is 10.2 Å². The summed E-state index contributed by atoms with van der Waals surface area (Å²) >= 11 is 0. The highest BCUT2D eigenvalue weighted by molar-refractivity contribution is 7.92. The van der Waals surface area contributed by atoms with Crippen molar-refractivity contribution in [3.8, 4) is 0 Å². The number of hydrogen-bond donors (Lipinski definition) is 0. The Bertz CT molecular complexity index is 1370. The SMILES string of the molecule is COC(=O)c1ccc(CN(c2cccc(C)c2)S(=O)(=O)c2ccc3nnc(C)n3c2)o1. The van der Waals surface area contributed by atoms with E-state index in [4.69, 9.17) is 4.42 Å². The number of methoxy groups -OCH3 is 1. The number of aromatic nitrogens is 3. The number of furan rings is 1. The molecule has 9 nitrogen and oxygen atoms in total. The summed E-state index contributed by atoms with van der Waals surface area (Å²) < 4.78 is 40.4. The summed E-state index contributed by atoms with van der Waals surface area (Å²) in [4.78, 5) is 11.8. The van der Waals surface area contributed by atoms with Gasteiger partial charge in [0, 0.05) is 6.20 Å². The maximum atomic E-state index is 13.7. The van der Waals surface area contributed by atoms with Crippen LogP contribution in [0.25, 0.3) is 5.65 Å². The van der Waals surface area contributed by atoms with Crippen molar-refractivity contribution < 1.29 is 22.4 Å². The summed E-state index contributed by atoms with van der Waals surface area (Å²) in [5.41, 5.74) is 1.92. The minimum Gasteiger partial charge on any atom is -0.463 e. The zero-order valence-corrected chi connectivity index (χ0v) is 18.0. The number of carbonyl (C=O) groups excluding carboxylic acids is 1. The molecule has 0 amide bonds. The zero-order chi connectivity index (χ0) is 22.2. The molecule has 0 unspecified atom stereocenters. The fraction of sp³-hybridized carbons (Fsp3) is 0.190. The lowest BCUT2D eigenvalue weighted by Crippen LogP contribution is -2.30. The van der Waals surface area contributed by atoms with E-state index in [-0.39, 0.29) is 17.2 Å². The number of sulfonamides is 1. The summed E-state index contributed by atoms with van der Waals surface area (Å²) in [6, 6.07) is 13.2. The minimum absolute atomic E-state index is 0.000578. The molecule has 0 bridgehead atoms. The molecule has 0 radical (unpaired) electrons. The van der Waals surface area contributed by atoms with E-state index in [1.807, 2.05) is 13.0 Å². The molecule has 31 heavy (non-hydrogen) atoms. The van der Waals surface area contributed by atoms with Crippen LogP contribution in [0.2, 0.25) is 0 Å². The van der Waals surface area contributed by atoms with Gasteiger partial charge in [0.2, 0.25) is 5.76 Å². The number of fused-ring (bicyclic) bond motifs is 1. The first-order valence-corrected chi connectivity index (χ1v) is 10.8. The van der Waals surface area contributed by atoms with Crippen LogP contribution in [0.15, 0.2) is 64.0 Å². The van der Waals surface area contributed by atoms with Gasteiger partial charge < -0.3 is 9.15 Å². The van der Waals surface area contributed by atoms with Crippen LogP contribution in [0.3, 0.4) is 0 Å². The van der Waals surface area contributed by atoms with Gasteiger partial charge in [-0.3, -0.25) is 8.71 Å². The van der Waals surface area contributed by atoms with Crippen LogP contribution in [0.4, 0.5) is 5.69 Å². The van der Waals surface area contributed by atoms with Crippen LogP contribution < -0.4 is 4.31 Å². The standard InChI is InChI=1S/C21H20N4O5S/c1-14-5-4-6-16(11-14)25(12-17-7-9-19(30-17)21(26)29-3)31(27,28)18-8-10-20-23-22-15(2)24(20)13-18/h4-11,13H,12H2,1-3H3. The fourth-order valence-corrected chi connectivity index (χ4v) is 4.60. The van der Waals surface area contributed by atoms with Crippen molar-refractivity contribution in [3.05, 3.63) is 77.6 Å². The Labute approximate surface area is 178 Å². The molecular formula is C21H20N4O5S. The summed E-state index contributed by atoms with van der Waals surface area (Å²) in [6.07, 6.45) is 1.49. The first-order chi connectivity index (χ1) is 14.8. The molecule has 10 heteroatoms. The van der Waals surface area contributed by atoms with Crippen LogP contribution in [-0.2, 0) is 21.3 Å². The molecule has 0 atom stereocenters. The summed E-state index contributed by atoms with van der Waals surface area (Å²) in [5.74, 6) is 0.236. The second kappa shape index (κ2) is 7.88. The predicted molar refractivity (Wildman–Crippen MR) is 112 cm³/mol. The number of aryl methyl sites for hydroxylation is 2. The van der Waals surface area contributed by atoms with E-state index in [0.29, 0.717) is 22.9 Å². The highest BCUT2D eigenvalue weighted by atomic mass is 32.2. The third-order valence-electron chi connectivity index (χ3n) is 4.77. The normalized spacial score (nSPS) is 11.6.